The van der Waals surface area contributed by atoms with E-state index in [1.807, 2.05) is 13.8 Å². The Hall–Kier alpha value is -1.25. The van der Waals surface area contributed by atoms with Crippen LogP contribution in [-0.4, -0.2) is 19.6 Å². The zero-order valence-electron chi connectivity index (χ0n) is 8.46. The molecule has 0 unspecified atom stereocenters. The molecule has 0 aliphatic rings. The molecule has 0 aromatic rings. The fourth-order valence-corrected chi connectivity index (χ4v) is 0.798. The smallest absolute Gasteiger partial charge is 0.332 e. The third-order valence-corrected chi connectivity index (χ3v) is 1.55. The predicted octanol–water partition coefficient (Wildman–Crippen LogP) is 1.47. The van der Waals surface area contributed by atoms with Crippen LogP contribution in [0, 0.1) is 5.92 Å². The molecule has 0 amide bonds. The minimum atomic E-state index is -0.333. The van der Waals surface area contributed by atoms with E-state index in [1.165, 1.54) is 13.2 Å². The molecule has 0 aliphatic heterocycles. The summed E-state index contributed by atoms with van der Waals surface area (Å²) in [5, 5.41) is 3.08. The number of esters is 1. The Balaban J connectivity index is 4.30. The summed E-state index contributed by atoms with van der Waals surface area (Å²) in [7, 11) is 1.37. The van der Waals surface area contributed by atoms with Crippen molar-refractivity contribution in [3.63, 3.8) is 0 Å². The fraction of sp³-hybridized carbons (Fsp3) is 0.500. The number of ether oxygens (including phenoxy) is 1. The first kappa shape index (κ1) is 11.8. The highest BCUT2D eigenvalue weighted by atomic mass is 16.5. The van der Waals surface area contributed by atoms with Crippen molar-refractivity contribution < 1.29 is 9.53 Å². The van der Waals surface area contributed by atoms with Crippen LogP contribution in [0.1, 0.15) is 13.8 Å². The molecule has 74 valence electrons. The molecular weight excluding hydrogens is 166 g/mol. The van der Waals surface area contributed by atoms with Crippen molar-refractivity contribution in [2.75, 3.05) is 13.7 Å². The van der Waals surface area contributed by atoms with E-state index in [0.29, 0.717) is 6.54 Å². The summed E-state index contributed by atoms with van der Waals surface area (Å²) < 4.78 is 4.53. The first-order valence-electron chi connectivity index (χ1n) is 4.26. The Labute approximate surface area is 79.5 Å². The average Bonchev–Trinajstić information content (AvgIpc) is 2.11. The molecule has 0 aromatic heterocycles. The maximum Gasteiger partial charge on any atom is 0.332 e. The van der Waals surface area contributed by atoms with Gasteiger partial charge in [0.2, 0.25) is 0 Å². The normalized spacial score (nSPS) is 11.2. The van der Waals surface area contributed by atoms with E-state index in [2.05, 4.69) is 16.6 Å². The molecular formula is C10H17NO2. The zero-order valence-corrected chi connectivity index (χ0v) is 8.46. The van der Waals surface area contributed by atoms with Gasteiger partial charge in [-0.15, -0.1) is 6.58 Å². The van der Waals surface area contributed by atoms with Crippen LogP contribution in [-0.2, 0) is 9.53 Å². The lowest BCUT2D eigenvalue weighted by atomic mass is 10.1. The quantitative estimate of drug-likeness (QED) is 0.398. The number of allylic oxidation sites excluding steroid dienone is 1. The summed E-state index contributed by atoms with van der Waals surface area (Å²) in [5.41, 5.74) is 0.867. The lowest BCUT2D eigenvalue weighted by Gasteiger charge is -2.12. The highest BCUT2D eigenvalue weighted by Crippen LogP contribution is 2.05. The predicted molar refractivity (Wildman–Crippen MR) is 53.1 cm³/mol. The van der Waals surface area contributed by atoms with Crippen molar-refractivity contribution in [2.24, 2.45) is 5.92 Å². The van der Waals surface area contributed by atoms with Gasteiger partial charge in [0.05, 0.1) is 7.11 Å². The van der Waals surface area contributed by atoms with E-state index in [4.69, 9.17) is 0 Å². The summed E-state index contributed by atoms with van der Waals surface area (Å²) in [4.78, 5) is 10.9. The molecule has 0 aliphatic carbocycles. The molecule has 1 N–H and O–H groups in total. The Morgan fingerprint density at radius 1 is 1.62 bits per heavy atom. The number of rotatable bonds is 5. The van der Waals surface area contributed by atoms with Gasteiger partial charge in [0.25, 0.3) is 0 Å². The van der Waals surface area contributed by atoms with Crippen LogP contribution in [0.3, 0.4) is 0 Å². The fourth-order valence-electron chi connectivity index (χ4n) is 0.798. The van der Waals surface area contributed by atoms with Crippen molar-refractivity contribution in [2.45, 2.75) is 13.8 Å². The van der Waals surface area contributed by atoms with Gasteiger partial charge in [0.15, 0.2) is 0 Å². The van der Waals surface area contributed by atoms with Gasteiger partial charge < -0.3 is 10.1 Å². The van der Waals surface area contributed by atoms with Crippen LogP contribution < -0.4 is 5.32 Å². The third-order valence-electron chi connectivity index (χ3n) is 1.55. The maximum absolute atomic E-state index is 10.9. The van der Waals surface area contributed by atoms with E-state index in [0.717, 1.165) is 5.70 Å². The molecule has 0 spiro atoms. The average molecular weight is 183 g/mol. The van der Waals surface area contributed by atoms with E-state index >= 15 is 0 Å². The van der Waals surface area contributed by atoms with Crippen LogP contribution in [0.15, 0.2) is 24.4 Å². The Morgan fingerprint density at radius 2 is 2.23 bits per heavy atom. The SMILES string of the molecule is C=CCN/C(=C\C(=O)OC)C(C)C. The number of methoxy groups -OCH3 is 1. The molecule has 0 fully saturated rings. The van der Waals surface area contributed by atoms with Crippen molar-refractivity contribution >= 4 is 5.97 Å². The topological polar surface area (TPSA) is 38.3 Å². The van der Waals surface area contributed by atoms with Gasteiger partial charge in [0, 0.05) is 18.3 Å². The van der Waals surface area contributed by atoms with Gasteiger partial charge in [-0.1, -0.05) is 19.9 Å². The summed E-state index contributed by atoms with van der Waals surface area (Å²) >= 11 is 0. The molecule has 0 heterocycles. The minimum Gasteiger partial charge on any atom is -0.466 e. The van der Waals surface area contributed by atoms with Gasteiger partial charge >= 0.3 is 5.97 Å². The van der Waals surface area contributed by atoms with Crippen LogP contribution >= 0.6 is 0 Å². The van der Waals surface area contributed by atoms with Crippen molar-refractivity contribution in [3.05, 3.63) is 24.4 Å². The van der Waals surface area contributed by atoms with Crippen molar-refractivity contribution in [1.29, 1.82) is 0 Å². The first-order valence-corrected chi connectivity index (χ1v) is 4.26. The van der Waals surface area contributed by atoms with Crippen molar-refractivity contribution in [1.82, 2.24) is 5.32 Å². The molecule has 0 saturated heterocycles. The van der Waals surface area contributed by atoms with E-state index in [9.17, 15) is 4.79 Å². The molecule has 13 heavy (non-hydrogen) atoms. The summed E-state index contributed by atoms with van der Waals surface area (Å²) in [6.45, 7) is 8.25. The van der Waals surface area contributed by atoms with Crippen LogP contribution in [0.2, 0.25) is 0 Å². The molecule has 3 nitrogen and oxygen atoms in total. The van der Waals surface area contributed by atoms with Gasteiger partial charge in [-0.25, -0.2) is 4.79 Å². The van der Waals surface area contributed by atoms with Crippen LogP contribution in [0.5, 0.6) is 0 Å². The van der Waals surface area contributed by atoms with Gasteiger partial charge in [-0.3, -0.25) is 0 Å². The molecule has 3 heteroatoms. The van der Waals surface area contributed by atoms with Gasteiger partial charge in [-0.2, -0.15) is 0 Å². The second kappa shape index (κ2) is 6.29. The Kier molecular flexibility index (Phi) is 5.68. The number of carbonyl (C=O) groups is 1. The second-order valence-electron chi connectivity index (χ2n) is 2.95. The summed E-state index contributed by atoms with van der Waals surface area (Å²) in [5.74, 6) is -0.0562. The lowest BCUT2D eigenvalue weighted by Crippen LogP contribution is -2.19. The molecule has 0 aromatic carbocycles. The first-order chi connectivity index (χ1) is 6.11. The zero-order chi connectivity index (χ0) is 10.3. The second-order valence-corrected chi connectivity index (χ2v) is 2.95. The Morgan fingerprint density at radius 3 is 2.62 bits per heavy atom. The number of hydrogen-bond donors (Lipinski definition) is 1. The van der Waals surface area contributed by atoms with Crippen LogP contribution in [0.4, 0.5) is 0 Å². The standard InChI is InChI=1S/C10H17NO2/c1-5-6-11-9(8(2)3)7-10(12)13-4/h5,7-8,11H,1,6H2,2-4H3/b9-7-. The van der Waals surface area contributed by atoms with Crippen LogP contribution in [0.25, 0.3) is 0 Å². The molecule has 0 saturated carbocycles. The third kappa shape index (κ3) is 5.06. The van der Waals surface area contributed by atoms with E-state index in [1.54, 1.807) is 6.08 Å². The maximum atomic E-state index is 10.9. The van der Waals surface area contributed by atoms with Crippen molar-refractivity contribution in [3.8, 4) is 0 Å². The number of carbonyl (C=O) groups excluding carboxylic acids is 1. The van der Waals surface area contributed by atoms with Gasteiger partial charge in [0.1, 0.15) is 0 Å². The highest BCUT2D eigenvalue weighted by molar-refractivity contribution is 5.82. The summed E-state index contributed by atoms with van der Waals surface area (Å²) in [6.07, 6.45) is 3.21. The number of hydrogen-bond acceptors (Lipinski definition) is 3. The highest BCUT2D eigenvalue weighted by Gasteiger charge is 2.04. The monoisotopic (exact) mass is 183 g/mol. The van der Waals surface area contributed by atoms with E-state index in [-0.39, 0.29) is 11.9 Å². The molecule has 0 bridgehead atoms. The Bertz CT molecular complexity index is 207. The van der Waals surface area contributed by atoms with Gasteiger partial charge in [-0.05, 0) is 5.92 Å². The number of nitrogens with one attached hydrogen (secondary N) is 1. The van der Waals surface area contributed by atoms with E-state index < -0.39 is 0 Å². The molecule has 0 radical (unpaired) electrons. The molecule has 0 atom stereocenters. The minimum absolute atomic E-state index is 0.277. The lowest BCUT2D eigenvalue weighted by molar-refractivity contribution is -0.134. The largest absolute Gasteiger partial charge is 0.466 e. The summed E-state index contributed by atoms with van der Waals surface area (Å²) in [6, 6.07) is 0. The molecule has 0 rings (SSSR count).